The van der Waals surface area contributed by atoms with Crippen molar-refractivity contribution in [2.75, 3.05) is 6.54 Å². The second kappa shape index (κ2) is 6.66. The van der Waals surface area contributed by atoms with Gasteiger partial charge in [-0.15, -0.1) is 6.58 Å². The Kier molecular flexibility index (Phi) is 4.66. The first-order valence-electron chi connectivity index (χ1n) is 6.59. The third-order valence-electron chi connectivity index (χ3n) is 3.17. The lowest BCUT2D eigenvalue weighted by atomic mass is 9.91. The number of hydrogen-bond donors (Lipinski definition) is 1. The third kappa shape index (κ3) is 3.12. The van der Waals surface area contributed by atoms with E-state index in [0.29, 0.717) is 6.54 Å². The first-order chi connectivity index (χ1) is 9.74. The molecule has 1 atom stereocenters. The van der Waals surface area contributed by atoms with Crippen molar-refractivity contribution < 1.29 is 4.79 Å². The largest absolute Gasteiger partial charge is 0.352 e. The maximum Gasteiger partial charge on any atom is 0.233 e. The Morgan fingerprint density at radius 2 is 2.05 bits per heavy atom. The van der Waals surface area contributed by atoms with Crippen LogP contribution in [0, 0.1) is 6.92 Å². The van der Waals surface area contributed by atoms with Crippen LogP contribution in [0.25, 0.3) is 0 Å². The SMILES string of the molecule is C=CCNC(=O)C(c1ccccn1)c1ccccc1C. The minimum atomic E-state index is -0.391. The molecule has 2 aromatic rings. The van der Waals surface area contributed by atoms with Gasteiger partial charge in [-0.3, -0.25) is 9.78 Å². The van der Waals surface area contributed by atoms with Crippen molar-refractivity contribution in [3.63, 3.8) is 0 Å². The molecule has 0 saturated carbocycles. The molecule has 0 radical (unpaired) electrons. The van der Waals surface area contributed by atoms with Gasteiger partial charge in [0.2, 0.25) is 5.91 Å². The molecule has 102 valence electrons. The highest BCUT2D eigenvalue weighted by molar-refractivity contribution is 5.87. The number of benzene rings is 1. The number of pyridine rings is 1. The molecule has 0 saturated heterocycles. The van der Waals surface area contributed by atoms with Gasteiger partial charge in [-0.25, -0.2) is 0 Å². The topological polar surface area (TPSA) is 42.0 Å². The molecule has 20 heavy (non-hydrogen) atoms. The number of nitrogens with one attached hydrogen (secondary N) is 1. The molecule has 2 rings (SSSR count). The van der Waals surface area contributed by atoms with Crippen LogP contribution < -0.4 is 5.32 Å². The van der Waals surface area contributed by atoms with Crippen LogP contribution in [0.4, 0.5) is 0 Å². The number of hydrogen-bond acceptors (Lipinski definition) is 2. The molecule has 0 fully saturated rings. The zero-order chi connectivity index (χ0) is 14.4. The van der Waals surface area contributed by atoms with Crippen LogP contribution in [0.3, 0.4) is 0 Å². The monoisotopic (exact) mass is 266 g/mol. The summed E-state index contributed by atoms with van der Waals surface area (Å²) in [6, 6.07) is 13.5. The van der Waals surface area contributed by atoms with Gasteiger partial charge >= 0.3 is 0 Å². The molecule has 3 heteroatoms. The molecule has 1 N–H and O–H groups in total. The van der Waals surface area contributed by atoms with E-state index < -0.39 is 5.92 Å². The van der Waals surface area contributed by atoms with Gasteiger partial charge in [-0.1, -0.05) is 36.4 Å². The van der Waals surface area contributed by atoms with Crippen molar-refractivity contribution in [3.05, 3.63) is 78.1 Å². The summed E-state index contributed by atoms with van der Waals surface area (Å²) in [7, 11) is 0. The quantitative estimate of drug-likeness (QED) is 0.846. The minimum absolute atomic E-state index is 0.0575. The van der Waals surface area contributed by atoms with E-state index in [4.69, 9.17) is 0 Å². The highest BCUT2D eigenvalue weighted by Crippen LogP contribution is 2.25. The molecular formula is C17H18N2O. The normalized spacial score (nSPS) is 11.7. The standard InChI is InChI=1S/C17H18N2O/c1-3-11-19-17(20)16(15-10-6-7-12-18-15)14-9-5-4-8-13(14)2/h3-10,12,16H,1,11H2,2H3,(H,19,20). The number of carbonyl (C=O) groups is 1. The summed E-state index contributed by atoms with van der Waals surface area (Å²) >= 11 is 0. The van der Waals surface area contributed by atoms with Crippen molar-refractivity contribution in [2.45, 2.75) is 12.8 Å². The Bertz CT molecular complexity index is 593. The van der Waals surface area contributed by atoms with Crippen molar-refractivity contribution in [3.8, 4) is 0 Å². The van der Waals surface area contributed by atoms with Crippen LogP contribution in [0.5, 0.6) is 0 Å². The Morgan fingerprint density at radius 3 is 2.70 bits per heavy atom. The fourth-order valence-electron chi connectivity index (χ4n) is 2.17. The highest BCUT2D eigenvalue weighted by Gasteiger charge is 2.24. The average Bonchev–Trinajstić information content (AvgIpc) is 2.48. The molecule has 3 nitrogen and oxygen atoms in total. The second-order valence-corrected chi connectivity index (χ2v) is 4.58. The van der Waals surface area contributed by atoms with Gasteiger partial charge in [-0.05, 0) is 30.2 Å². The van der Waals surface area contributed by atoms with E-state index in [0.717, 1.165) is 16.8 Å². The van der Waals surface area contributed by atoms with Gasteiger partial charge < -0.3 is 5.32 Å². The lowest BCUT2D eigenvalue weighted by Gasteiger charge is -2.18. The van der Waals surface area contributed by atoms with E-state index in [-0.39, 0.29) is 5.91 Å². The van der Waals surface area contributed by atoms with E-state index in [1.54, 1.807) is 12.3 Å². The molecule has 0 spiro atoms. The summed E-state index contributed by atoms with van der Waals surface area (Å²) in [4.78, 5) is 16.8. The predicted molar refractivity (Wildman–Crippen MR) is 80.5 cm³/mol. The molecule has 1 unspecified atom stereocenters. The molecule has 0 aliphatic heterocycles. The zero-order valence-electron chi connectivity index (χ0n) is 11.5. The van der Waals surface area contributed by atoms with Gasteiger partial charge in [-0.2, -0.15) is 0 Å². The van der Waals surface area contributed by atoms with Crippen LogP contribution in [0.2, 0.25) is 0 Å². The average molecular weight is 266 g/mol. The molecule has 1 amide bonds. The first kappa shape index (κ1) is 14.0. The molecule has 1 aromatic heterocycles. The van der Waals surface area contributed by atoms with Crippen LogP contribution in [0.1, 0.15) is 22.7 Å². The zero-order valence-corrected chi connectivity index (χ0v) is 11.5. The van der Waals surface area contributed by atoms with E-state index >= 15 is 0 Å². The molecule has 0 bridgehead atoms. The summed E-state index contributed by atoms with van der Waals surface area (Å²) in [5, 5.41) is 2.86. The van der Waals surface area contributed by atoms with Crippen LogP contribution in [-0.2, 0) is 4.79 Å². The van der Waals surface area contributed by atoms with Gasteiger partial charge in [0.1, 0.15) is 5.92 Å². The second-order valence-electron chi connectivity index (χ2n) is 4.58. The van der Waals surface area contributed by atoms with Crippen molar-refractivity contribution >= 4 is 5.91 Å². The van der Waals surface area contributed by atoms with Crippen molar-refractivity contribution in [1.82, 2.24) is 10.3 Å². The van der Waals surface area contributed by atoms with E-state index in [2.05, 4.69) is 16.9 Å². The lowest BCUT2D eigenvalue weighted by Crippen LogP contribution is -2.30. The van der Waals surface area contributed by atoms with Gasteiger partial charge in [0, 0.05) is 12.7 Å². The number of aromatic nitrogens is 1. The van der Waals surface area contributed by atoms with Crippen LogP contribution >= 0.6 is 0 Å². The maximum atomic E-state index is 12.5. The third-order valence-corrected chi connectivity index (χ3v) is 3.17. The fourth-order valence-corrected chi connectivity index (χ4v) is 2.17. The van der Waals surface area contributed by atoms with E-state index in [9.17, 15) is 4.79 Å². The molecule has 1 aromatic carbocycles. The van der Waals surface area contributed by atoms with E-state index in [1.807, 2.05) is 49.4 Å². The van der Waals surface area contributed by atoms with E-state index in [1.165, 1.54) is 0 Å². The van der Waals surface area contributed by atoms with Crippen molar-refractivity contribution in [2.24, 2.45) is 0 Å². The summed E-state index contributed by atoms with van der Waals surface area (Å²) in [6.45, 7) is 6.08. The number of nitrogens with zero attached hydrogens (tertiary/aromatic N) is 1. The number of aryl methyl sites for hydroxylation is 1. The number of amides is 1. The predicted octanol–water partition coefficient (Wildman–Crippen LogP) is 2.82. The highest BCUT2D eigenvalue weighted by atomic mass is 16.1. The Balaban J connectivity index is 2.42. The molecule has 1 heterocycles. The Morgan fingerprint density at radius 1 is 1.30 bits per heavy atom. The molecule has 0 aliphatic carbocycles. The molecular weight excluding hydrogens is 248 g/mol. The fraction of sp³-hybridized carbons (Fsp3) is 0.176. The number of carbonyl (C=O) groups excluding carboxylic acids is 1. The smallest absolute Gasteiger partial charge is 0.233 e. The summed E-state index contributed by atoms with van der Waals surface area (Å²) in [5.74, 6) is -0.449. The lowest BCUT2D eigenvalue weighted by molar-refractivity contribution is -0.121. The molecule has 0 aliphatic rings. The van der Waals surface area contributed by atoms with Gasteiger partial charge in [0.15, 0.2) is 0 Å². The first-order valence-corrected chi connectivity index (χ1v) is 6.59. The van der Waals surface area contributed by atoms with Gasteiger partial charge in [0.25, 0.3) is 0 Å². The van der Waals surface area contributed by atoms with Crippen LogP contribution in [0.15, 0.2) is 61.3 Å². The van der Waals surface area contributed by atoms with Crippen LogP contribution in [-0.4, -0.2) is 17.4 Å². The maximum absolute atomic E-state index is 12.5. The summed E-state index contributed by atoms with van der Waals surface area (Å²) in [5.41, 5.74) is 2.81. The minimum Gasteiger partial charge on any atom is -0.352 e. The van der Waals surface area contributed by atoms with Crippen molar-refractivity contribution in [1.29, 1.82) is 0 Å². The van der Waals surface area contributed by atoms with Gasteiger partial charge in [0.05, 0.1) is 5.69 Å². The Labute approximate surface area is 119 Å². The number of rotatable bonds is 5. The summed E-state index contributed by atoms with van der Waals surface area (Å²) in [6.07, 6.45) is 3.38. The Hall–Kier alpha value is -2.42. The summed E-state index contributed by atoms with van der Waals surface area (Å²) < 4.78 is 0.